The maximum atomic E-state index is 13.0. The molecule has 0 spiro atoms. The Hall–Kier alpha value is -2.32. The summed E-state index contributed by atoms with van der Waals surface area (Å²) in [7, 11) is 1.26. The van der Waals surface area contributed by atoms with Gasteiger partial charge in [0, 0.05) is 6.42 Å². The molecule has 73 heavy (non-hydrogen) atoms. The van der Waals surface area contributed by atoms with Crippen LogP contribution in [0.4, 0.5) is 0 Å². The van der Waals surface area contributed by atoms with Crippen molar-refractivity contribution in [3.8, 4) is 0 Å². The molecule has 9 heteroatoms. The molecule has 0 aromatic carbocycles. The van der Waals surface area contributed by atoms with Crippen molar-refractivity contribution >= 4 is 13.7 Å². The summed E-state index contributed by atoms with van der Waals surface area (Å²) in [6, 6.07) is -0.889. The molecule has 3 atom stereocenters. The minimum Gasteiger partial charge on any atom is -0.756 e. The fourth-order valence-corrected chi connectivity index (χ4v) is 9.35. The van der Waals surface area contributed by atoms with Crippen LogP contribution in [0.3, 0.4) is 0 Å². The summed E-state index contributed by atoms with van der Waals surface area (Å²) in [5.41, 5.74) is 0. The van der Waals surface area contributed by atoms with Gasteiger partial charge in [0.2, 0.25) is 5.91 Å². The van der Waals surface area contributed by atoms with Gasteiger partial charge in [-0.2, -0.15) is 0 Å². The van der Waals surface area contributed by atoms with Crippen molar-refractivity contribution in [2.45, 2.75) is 276 Å². The lowest BCUT2D eigenvalue weighted by atomic mass is 10.0. The molecule has 0 aliphatic carbocycles. The number of nitrogens with one attached hydrogen (secondary N) is 1. The van der Waals surface area contributed by atoms with E-state index in [-0.39, 0.29) is 19.1 Å². The van der Waals surface area contributed by atoms with Crippen molar-refractivity contribution < 1.29 is 32.9 Å². The molecule has 0 saturated heterocycles. The van der Waals surface area contributed by atoms with Crippen LogP contribution in [-0.2, 0) is 18.4 Å². The average Bonchev–Trinajstić information content (AvgIpc) is 3.35. The Morgan fingerprint density at radius 2 is 0.836 bits per heavy atom. The number of aliphatic hydroxyl groups is 1. The van der Waals surface area contributed by atoms with E-state index in [1.165, 1.54) is 167 Å². The summed E-state index contributed by atoms with van der Waals surface area (Å²) >= 11 is 0. The van der Waals surface area contributed by atoms with Crippen LogP contribution in [0.15, 0.2) is 85.1 Å². The molecule has 3 unspecified atom stereocenters. The second-order valence-corrected chi connectivity index (χ2v) is 23.1. The fraction of sp³-hybridized carbons (Fsp3) is 0.766. The third-order valence-corrected chi connectivity index (χ3v) is 14.3. The van der Waals surface area contributed by atoms with Gasteiger partial charge in [-0.05, 0) is 70.6 Å². The second-order valence-electron chi connectivity index (χ2n) is 21.7. The largest absolute Gasteiger partial charge is 0.756 e. The first-order chi connectivity index (χ1) is 35.5. The first kappa shape index (κ1) is 70.7. The highest BCUT2D eigenvalue weighted by molar-refractivity contribution is 7.45. The van der Waals surface area contributed by atoms with E-state index in [2.05, 4.69) is 92.1 Å². The Kier molecular flexibility index (Phi) is 52.7. The molecule has 1 amide bonds. The van der Waals surface area contributed by atoms with Crippen LogP contribution < -0.4 is 10.2 Å². The van der Waals surface area contributed by atoms with Gasteiger partial charge in [-0.1, -0.05) is 272 Å². The van der Waals surface area contributed by atoms with Gasteiger partial charge in [0.25, 0.3) is 7.82 Å². The molecule has 0 aromatic rings. The molecule has 2 N–H and O–H groups in total. The Morgan fingerprint density at radius 3 is 1.22 bits per heavy atom. The monoisotopic (exact) mass is 1040 g/mol. The number of phosphoric ester groups is 1. The number of aliphatic hydroxyl groups excluding tert-OH is 1. The van der Waals surface area contributed by atoms with Gasteiger partial charge in [-0.25, -0.2) is 0 Å². The normalized spacial score (nSPS) is 14.5. The van der Waals surface area contributed by atoms with E-state index in [0.717, 1.165) is 77.0 Å². The lowest BCUT2D eigenvalue weighted by Crippen LogP contribution is -2.45. The lowest BCUT2D eigenvalue weighted by Gasteiger charge is -2.29. The summed E-state index contributed by atoms with van der Waals surface area (Å²) in [6.45, 7) is 4.55. The molecule has 0 aliphatic rings. The van der Waals surface area contributed by atoms with Crippen LogP contribution in [0, 0.1) is 0 Å². The van der Waals surface area contributed by atoms with Crippen LogP contribution in [0.5, 0.6) is 0 Å². The molecular weight excluding hydrogens is 924 g/mol. The number of allylic oxidation sites excluding steroid dienone is 13. The van der Waals surface area contributed by atoms with Crippen molar-refractivity contribution in [3.05, 3.63) is 85.1 Å². The van der Waals surface area contributed by atoms with E-state index in [4.69, 9.17) is 9.05 Å². The molecule has 8 nitrogen and oxygen atoms in total. The highest BCUT2D eigenvalue weighted by Crippen LogP contribution is 2.38. The summed E-state index contributed by atoms with van der Waals surface area (Å²) in [6.07, 6.45) is 76.7. The van der Waals surface area contributed by atoms with E-state index >= 15 is 0 Å². The van der Waals surface area contributed by atoms with E-state index in [0.29, 0.717) is 17.4 Å². The number of hydrogen-bond donors (Lipinski definition) is 2. The zero-order valence-electron chi connectivity index (χ0n) is 48.3. The molecule has 0 fully saturated rings. The van der Waals surface area contributed by atoms with E-state index < -0.39 is 20.0 Å². The van der Waals surface area contributed by atoms with Crippen LogP contribution in [-0.4, -0.2) is 68.5 Å². The quantitative estimate of drug-likeness (QED) is 0.0272. The second kappa shape index (κ2) is 54.5. The molecular formula is C64H117N2O6P. The number of hydrogen-bond acceptors (Lipinski definition) is 6. The molecule has 0 rings (SSSR count). The maximum Gasteiger partial charge on any atom is 0.268 e. The Labute approximate surface area is 452 Å². The number of likely N-dealkylation sites (N-methyl/N-ethyl adjacent to an activating group) is 1. The standard InChI is InChI=1S/C64H117N2O6P/c1-6-8-10-12-14-16-18-20-22-24-25-26-27-28-29-30-31-32-33-34-35-36-37-38-39-40-41-42-44-46-48-50-52-54-56-58-64(68)65-62(61-72-73(69,70)71-60-59-66(3,4)5)63(67)57-55-53-51-49-47-45-43-23-21-19-17-15-13-11-9-7-2/h8,10,14,16,20,22,25-26,28-29,31-32,55,57,62-63,67H,6-7,9,11-13,15,17-19,21,23-24,27,30,33-54,56,58-61H2,1-5H3,(H-,65,68,69,70)/b10-8-,16-14-,22-20-,26-25-,29-28-,32-31-,57-55+. The van der Waals surface area contributed by atoms with Gasteiger partial charge in [0.05, 0.1) is 39.9 Å². The summed E-state index contributed by atoms with van der Waals surface area (Å²) in [5, 5.41) is 13.9. The fourth-order valence-electron chi connectivity index (χ4n) is 8.63. The van der Waals surface area contributed by atoms with Gasteiger partial charge < -0.3 is 28.8 Å². The Balaban J connectivity index is 4.06. The summed E-state index contributed by atoms with van der Waals surface area (Å²) in [5.74, 6) is -0.198. The topological polar surface area (TPSA) is 108 Å². The number of carbonyl (C=O) groups excluding carboxylic acids is 1. The number of amides is 1. The van der Waals surface area contributed by atoms with E-state index in [1.807, 2.05) is 27.2 Å². The smallest absolute Gasteiger partial charge is 0.268 e. The highest BCUT2D eigenvalue weighted by atomic mass is 31.2. The van der Waals surface area contributed by atoms with Crippen molar-refractivity contribution in [2.24, 2.45) is 0 Å². The molecule has 0 aliphatic heterocycles. The van der Waals surface area contributed by atoms with Crippen molar-refractivity contribution in [1.29, 1.82) is 0 Å². The zero-order chi connectivity index (χ0) is 53.5. The van der Waals surface area contributed by atoms with Crippen LogP contribution >= 0.6 is 7.82 Å². The van der Waals surface area contributed by atoms with E-state index in [1.54, 1.807) is 6.08 Å². The first-order valence-electron chi connectivity index (χ1n) is 30.4. The summed E-state index contributed by atoms with van der Waals surface area (Å²) < 4.78 is 23.4. The molecule has 424 valence electrons. The van der Waals surface area contributed by atoms with E-state index in [9.17, 15) is 19.4 Å². The molecule has 0 bridgehead atoms. The number of nitrogens with zero attached hydrogens (tertiary/aromatic N) is 1. The van der Waals surface area contributed by atoms with Crippen LogP contribution in [0.1, 0.15) is 264 Å². The van der Waals surface area contributed by atoms with Gasteiger partial charge in [-0.15, -0.1) is 0 Å². The van der Waals surface area contributed by atoms with Crippen LogP contribution in [0.25, 0.3) is 0 Å². The third-order valence-electron chi connectivity index (χ3n) is 13.4. The number of unbranched alkanes of at least 4 members (excludes halogenated alkanes) is 30. The minimum atomic E-state index is -4.60. The van der Waals surface area contributed by atoms with Gasteiger partial charge in [0.1, 0.15) is 13.2 Å². The van der Waals surface area contributed by atoms with Gasteiger partial charge >= 0.3 is 0 Å². The van der Waals surface area contributed by atoms with Crippen molar-refractivity contribution in [3.63, 3.8) is 0 Å². The minimum absolute atomic E-state index is 0.00255. The molecule has 0 saturated carbocycles. The number of quaternary nitrogens is 1. The zero-order valence-corrected chi connectivity index (χ0v) is 49.2. The predicted octanol–water partition coefficient (Wildman–Crippen LogP) is 18.2. The average molecular weight is 1040 g/mol. The number of carbonyl (C=O) groups is 1. The van der Waals surface area contributed by atoms with Gasteiger partial charge in [-0.3, -0.25) is 9.36 Å². The molecule has 0 radical (unpaired) electrons. The SMILES string of the molecule is CC/C=C\C/C=C\C/C=C\C/C=C\C/C=C\C/C=C\CCCCCCCCCCCCCCCCCCC(=O)NC(COP(=O)([O-])OCC[N+](C)(C)C)C(O)/C=C/CCCCCCCCCCCCCCCC. The first-order valence-corrected chi connectivity index (χ1v) is 31.9. The molecule has 0 heterocycles. The summed E-state index contributed by atoms with van der Waals surface area (Å²) in [4.78, 5) is 25.5. The predicted molar refractivity (Wildman–Crippen MR) is 316 cm³/mol. The van der Waals surface area contributed by atoms with Crippen molar-refractivity contribution in [1.82, 2.24) is 5.32 Å². The maximum absolute atomic E-state index is 13.0. The Bertz CT molecular complexity index is 1460. The number of rotatable bonds is 55. The Morgan fingerprint density at radius 1 is 0.493 bits per heavy atom. The highest BCUT2D eigenvalue weighted by Gasteiger charge is 2.23. The third kappa shape index (κ3) is 57.2. The van der Waals surface area contributed by atoms with Crippen LogP contribution in [0.2, 0.25) is 0 Å². The molecule has 0 aromatic heterocycles. The lowest BCUT2D eigenvalue weighted by molar-refractivity contribution is -0.870. The van der Waals surface area contributed by atoms with Crippen molar-refractivity contribution in [2.75, 3.05) is 40.9 Å². The number of phosphoric acid groups is 1. The van der Waals surface area contributed by atoms with Gasteiger partial charge in [0.15, 0.2) is 0 Å².